The summed E-state index contributed by atoms with van der Waals surface area (Å²) in [6.45, 7) is 1.84. The summed E-state index contributed by atoms with van der Waals surface area (Å²) in [5.74, 6) is -0.402. The topological polar surface area (TPSA) is 64.4 Å². The van der Waals surface area contributed by atoms with Crippen molar-refractivity contribution in [1.82, 2.24) is 9.78 Å². The maximum atomic E-state index is 10.5. The number of methoxy groups -OCH3 is 1. The van der Waals surface area contributed by atoms with Crippen LogP contribution in [0.15, 0.2) is 6.20 Å². The lowest BCUT2D eigenvalue weighted by Gasteiger charge is -2.06. The highest BCUT2D eigenvalue weighted by molar-refractivity contribution is 5.68. The van der Waals surface area contributed by atoms with Crippen LogP contribution in [0.25, 0.3) is 0 Å². The number of aryl methyl sites for hydroxylation is 1. The number of carboxylic acids is 1. The molecule has 0 aliphatic carbocycles. The smallest absolute Gasteiger partial charge is 0.303 e. The van der Waals surface area contributed by atoms with Crippen molar-refractivity contribution in [3.63, 3.8) is 0 Å². The van der Waals surface area contributed by atoms with Crippen LogP contribution in [0.2, 0.25) is 0 Å². The average Bonchev–Trinajstić information content (AvgIpc) is 2.45. The summed E-state index contributed by atoms with van der Waals surface area (Å²) < 4.78 is 6.66. The normalized spacial score (nSPS) is 12.5. The van der Waals surface area contributed by atoms with E-state index in [1.807, 2.05) is 6.92 Å². The first-order valence-electron chi connectivity index (χ1n) is 4.34. The summed E-state index contributed by atoms with van der Waals surface area (Å²) in [5.41, 5.74) is 0.831. The van der Waals surface area contributed by atoms with Crippen LogP contribution in [0, 0.1) is 0 Å². The van der Waals surface area contributed by atoms with Gasteiger partial charge in [0.25, 0.3) is 0 Å². The summed E-state index contributed by atoms with van der Waals surface area (Å²) in [4.78, 5) is 10.5. The van der Waals surface area contributed by atoms with Crippen molar-refractivity contribution < 1.29 is 14.6 Å². The van der Waals surface area contributed by atoms with Gasteiger partial charge in [0.05, 0.1) is 13.5 Å². The summed E-state index contributed by atoms with van der Waals surface area (Å²) in [5, 5.41) is 12.7. The van der Waals surface area contributed by atoms with E-state index in [0.29, 0.717) is 5.88 Å². The molecule has 0 spiro atoms. The second-order valence-electron chi connectivity index (χ2n) is 3.27. The van der Waals surface area contributed by atoms with Crippen molar-refractivity contribution in [1.29, 1.82) is 0 Å². The fourth-order valence-corrected chi connectivity index (χ4v) is 1.35. The molecule has 78 valence electrons. The number of aliphatic carboxylic acids is 1. The van der Waals surface area contributed by atoms with Crippen molar-refractivity contribution in [3.05, 3.63) is 11.8 Å². The van der Waals surface area contributed by atoms with E-state index in [2.05, 4.69) is 5.10 Å². The Kier molecular flexibility index (Phi) is 3.11. The molecule has 1 unspecified atom stereocenters. The molecular weight excluding hydrogens is 184 g/mol. The molecule has 1 aromatic heterocycles. The molecule has 1 rings (SSSR count). The van der Waals surface area contributed by atoms with Gasteiger partial charge in [-0.3, -0.25) is 9.48 Å². The van der Waals surface area contributed by atoms with E-state index in [4.69, 9.17) is 9.84 Å². The number of aromatic nitrogens is 2. The SMILES string of the molecule is COc1nn(C)cc1C(C)CC(=O)O. The number of carboxylic acid groups (broad SMARTS) is 1. The number of carbonyl (C=O) groups is 1. The van der Waals surface area contributed by atoms with Gasteiger partial charge in [-0.2, -0.15) is 0 Å². The molecule has 0 radical (unpaired) electrons. The molecule has 1 atom stereocenters. The van der Waals surface area contributed by atoms with E-state index in [-0.39, 0.29) is 12.3 Å². The van der Waals surface area contributed by atoms with Gasteiger partial charge in [-0.1, -0.05) is 6.92 Å². The van der Waals surface area contributed by atoms with E-state index in [0.717, 1.165) is 5.56 Å². The van der Waals surface area contributed by atoms with Crippen LogP contribution in [-0.4, -0.2) is 28.0 Å². The Morgan fingerprint density at radius 2 is 2.43 bits per heavy atom. The Balaban J connectivity index is 2.87. The van der Waals surface area contributed by atoms with Gasteiger partial charge in [0.1, 0.15) is 0 Å². The zero-order valence-electron chi connectivity index (χ0n) is 8.52. The Hall–Kier alpha value is -1.52. The lowest BCUT2D eigenvalue weighted by Crippen LogP contribution is -2.03. The minimum Gasteiger partial charge on any atom is -0.481 e. The molecule has 0 amide bonds. The fraction of sp³-hybridized carbons (Fsp3) is 0.556. The molecule has 1 aromatic rings. The number of ether oxygens (including phenoxy) is 1. The van der Waals surface area contributed by atoms with Gasteiger partial charge in [0.15, 0.2) is 0 Å². The van der Waals surface area contributed by atoms with E-state index < -0.39 is 5.97 Å². The van der Waals surface area contributed by atoms with Crippen molar-refractivity contribution in [3.8, 4) is 5.88 Å². The molecular formula is C9H14N2O3. The molecule has 1 heterocycles. The standard InChI is InChI=1S/C9H14N2O3/c1-6(4-8(12)13)7-5-11(2)10-9(7)14-3/h5-6H,4H2,1-3H3,(H,12,13). The number of rotatable bonds is 4. The van der Waals surface area contributed by atoms with Gasteiger partial charge in [0.2, 0.25) is 5.88 Å². The van der Waals surface area contributed by atoms with Gasteiger partial charge in [-0.25, -0.2) is 0 Å². The molecule has 0 aliphatic heterocycles. The van der Waals surface area contributed by atoms with Crippen molar-refractivity contribution in [2.45, 2.75) is 19.3 Å². The first kappa shape index (κ1) is 10.6. The number of nitrogens with zero attached hydrogens (tertiary/aromatic N) is 2. The summed E-state index contributed by atoms with van der Waals surface area (Å²) >= 11 is 0. The Morgan fingerprint density at radius 1 is 1.79 bits per heavy atom. The van der Waals surface area contributed by atoms with Crippen molar-refractivity contribution in [2.24, 2.45) is 7.05 Å². The summed E-state index contributed by atoms with van der Waals surface area (Å²) in [6.07, 6.45) is 1.87. The zero-order valence-corrected chi connectivity index (χ0v) is 8.52. The average molecular weight is 198 g/mol. The number of hydrogen-bond donors (Lipinski definition) is 1. The Morgan fingerprint density at radius 3 is 2.93 bits per heavy atom. The Bertz CT molecular complexity index is 333. The summed E-state index contributed by atoms with van der Waals surface area (Å²) in [7, 11) is 3.30. The molecule has 5 nitrogen and oxygen atoms in total. The molecule has 14 heavy (non-hydrogen) atoms. The molecule has 0 fully saturated rings. The highest BCUT2D eigenvalue weighted by Crippen LogP contribution is 2.26. The molecule has 0 bridgehead atoms. The fourth-order valence-electron chi connectivity index (χ4n) is 1.35. The lowest BCUT2D eigenvalue weighted by atomic mass is 10.0. The second-order valence-corrected chi connectivity index (χ2v) is 3.27. The van der Waals surface area contributed by atoms with Crippen LogP contribution in [-0.2, 0) is 11.8 Å². The molecule has 0 aliphatic rings. The predicted octanol–water partition coefficient (Wildman–Crippen LogP) is 1.01. The van der Waals surface area contributed by atoms with E-state index in [9.17, 15) is 4.79 Å². The van der Waals surface area contributed by atoms with E-state index >= 15 is 0 Å². The molecule has 0 saturated carbocycles. The van der Waals surface area contributed by atoms with Gasteiger partial charge in [0, 0.05) is 18.8 Å². The van der Waals surface area contributed by atoms with Crippen LogP contribution in [0.5, 0.6) is 5.88 Å². The molecule has 1 N–H and O–H groups in total. The van der Waals surface area contributed by atoms with Crippen LogP contribution in [0.1, 0.15) is 24.8 Å². The predicted molar refractivity (Wildman–Crippen MR) is 50.4 cm³/mol. The third kappa shape index (κ3) is 2.25. The zero-order chi connectivity index (χ0) is 10.7. The minimum atomic E-state index is -0.816. The molecule has 0 saturated heterocycles. The maximum Gasteiger partial charge on any atom is 0.303 e. The van der Waals surface area contributed by atoms with Gasteiger partial charge in [-0.05, 0) is 5.92 Å². The number of hydrogen-bond acceptors (Lipinski definition) is 3. The maximum absolute atomic E-state index is 10.5. The van der Waals surface area contributed by atoms with E-state index in [1.165, 1.54) is 7.11 Å². The second kappa shape index (κ2) is 4.13. The highest BCUT2D eigenvalue weighted by atomic mass is 16.5. The third-order valence-electron chi connectivity index (χ3n) is 2.03. The van der Waals surface area contributed by atoms with Crippen LogP contribution >= 0.6 is 0 Å². The lowest BCUT2D eigenvalue weighted by molar-refractivity contribution is -0.137. The third-order valence-corrected chi connectivity index (χ3v) is 2.03. The highest BCUT2D eigenvalue weighted by Gasteiger charge is 2.17. The quantitative estimate of drug-likeness (QED) is 0.784. The first-order chi connectivity index (χ1) is 6.54. The van der Waals surface area contributed by atoms with Crippen LogP contribution in [0.3, 0.4) is 0 Å². The van der Waals surface area contributed by atoms with Gasteiger partial charge in [-0.15, -0.1) is 5.10 Å². The van der Waals surface area contributed by atoms with Gasteiger partial charge >= 0.3 is 5.97 Å². The van der Waals surface area contributed by atoms with Crippen molar-refractivity contribution >= 4 is 5.97 Å². The monoisotopic (exact) mass is 198 g/mol. The van der Waals surface area contributed by atoms with E-state index in [1.54, 1.807) is 17.9 Å². The minimum absolute atomic E-state index is 0.0854. The van der Waals surface area contributed by atoms with Crippen molar-refractivity contribution in [2.75, 3.05) is 7.11 Å². The summed E-state index contributed by atoms with van der Waals surface area (Å²) in [6, 6.07) is 0. The van der Waals surface area contributed by atoms with Gasteiger partial charge < -0.3 is 9.84 Å². The largest absolute Gasteiger partial charge is 0.481 e. The van der Waals surface area contributed by atoms with Crippen LogP contribution in [0.4, 0.5) is 0 Å². The molecule has 0 aromatic carbocycles. The molecule has 5 heteroatoms. The Labute approximate surface area is 82.3 Å². The van der Waals surface area contributed by atoms with Crippen LogP contribution < -0.4 is 4.74 Å². The first-order valence-corrected chi connectivity index (χ1v) is 4.34.